The third kappa shape index (κ3) is 5.98. The van der Waals surface area contributed by atoms with E-state index in [9.17, 15) is 4.79 Å². The zero-order chi connectivity index (χ0) is 17.5. The van der Waals surface area contributed by atoms with Gasteiger partial charge in [0, 0.05) is 22.9 Å². The second-order valence-electron chi connectivity index (χ2n) is 6.04. The minimum Gasteiger partial charge on any atom is -0.310 e. The maximum Gasteiger partial charge on any atom is 0.239 e. The number of nitrogens with one attached hydrogen (secondary N) is 1. The monoisotopic (exact) mass is 343 g/mol. The summed E-state index contributed by atoms with van der Waals surface area (Å²) in [4.78, 5) is 19.6. The summed E-state index contributed by atoms with van der Waals surface area (Å²) < 4.78 is 0. The Labute approximate surface area is 148 Å². The SMILES string of the molecule is Cc1cccc(NC(=O)CN(C)CCSc2ccc(C)c(C)c2)n1. The van der Waals surface area contributed by atoms with E-state index in [1.807, 2.05) is 42.8 Å². The number of hydrogen-bond donors (Lipinski definition) is 1. The van der Waals surface area contributed by atoms with Gasteiger partial charge in [0.15, 0.2) is 0 Å². The van der Waals surface area contributed by atoms with E-state index < -0.39 is 0 Å². The van der Waals surface area contributed by atoms with Crippen molar-refractivity contribution in [2.24, 2.45) is 0 Å². The number of hydrogen-bond acceptors (Lipinski definition) is 4. The molecule has 1 aromatic carbocycles. The third-order valence-electron chi connectivity index (χ3n) is 3.79. The minimum atomic E-state index is -0.0354. The van der Waals surface area contributed by atoms with Crippen molar-refractivity contribution in [1.82, 2.24) is 9.88 Å². The lowest BCUT2D eigenvalue weighted by atomic mass is 10.1. The van der Waals surface area contributed by atoms with Crippen molar-refractivity contribution < 1.29 is 4.79 Å². The first kappa shape index (κ1) is 18.5. The Morgan fingerprint density at radius 1 is 1.17 bits per heavy atom. The van der Waals surface area contributed by atoms with Crippen molar-refractivity contribution in [3.8, 4) is 0 Å². The Balaban J connectivity index is 1.73. The molecule has 2 rings (SSSR count). The number of rotatable bonds is 7. The fourth-order valence-corrected chi connectivity index (χ4v) is 3.31. The predicted molar refractivity (Wildman–Crippen MR) is 102 cm³/mol. The standard InChI is InChI=1S/C19H25N3OS/c1-14-8-9-17(12-15(14)2)24-11-10-22(4)13-19(23)21-18-7-5-6-16(3)20-18/h5-9,12H,10-11,13H2,1-4H3,(H,20,21,23). The molecular weight excluding hydrogens is 318 g/mol. The molecule has 0 saturated carbocycles. The van der Waals surface area contributed by atoms with Gasteiger partial charge in [0.2, 0.25) is 5.91 Å². The predicted octanol–water partition coefficient (Wildman–Crippen LogP) is 3.67. The molecule has 24 heavy (non-hydrogen) atoms. The molecule has 128 valence electrons. The highest BCUT2D eigenvalue weighted by Crippen LogP contribution is 2.20. The van der Waals surface area contributed by atoms with Crippen LogP contribution in [0.25, 0.3) is 0 Å². The Kier molecular flexibility index (Phi) is 6.82. The molecule has 0 aliphatic heterocycles. The highest BCUT2D eigenvalue weighted by Gasteiger charge is 2.08. The van der Waals surface area contributed by atoms with Crippen LogP contribution in [0.5, 0.6) is 0 Å². The smallest absolute Gasteiger partial charge is 0.239 e. The number of carbonyl (C=O) groups is 1. The number of thioether (sulfide) groups is 1. The molecule has 1 N–H and O–H groups in total. The number of amides is 1. The Morgan fingerprint density at radius 3 is 2.67 bits per heavy atom. The quantitative estimate of drug-likeness (QED) is 0.779. The van der Waals surface area contributed by atoms with E-state index in [2.05, 4.69) is 42.3 Å². The van der Waals surface area contributed by atoms with Crippen LogP contribution in [-0.4, -0.2) is 41.7 Å². The zero-order valence-electron chi connectivity index (χ0n) is 14.8. The van der Waals surface area contributed by atoms with Crippen LogP contribution in [0.4, 0.5) is 5.82 Å². The molecule has 0 aliphatic carbocycles. The van der Waals surface area contributed by atoms with Crippen molar-refractivity contribution in [2.45, 2.75) is 25.7 Å². The molecule has 1 amide bonds. The van der Waals surface area contributed by atoms with E-state index in [0.717, 1.165) is 18.0 Å². The Hall–Kier alpha value is -1.85. The van der Waals surface area contributed by atoms with Gasteiger partial charge in [-0.2, -0.15) is 0 Å². The fourth-order valence-electron chi connectivity index (χ4n) is 2.24. The highest BCUT2D eigenvalue weighted by molar-refractivity contribution is 7.99. The van der Waals surface area contributed by atoms with Crippen LogP contribution in [0.15, 0.2) is 41.3 Å². The van der Waals surface area contributed by atoms with Gasteiger partial charge >= 0.3 is 0 Å². The topological polar surface area (TPSA) is 45.2 Å². The zero-order valence-corrected chi connectivity index (χ0v) is 15.6. The van der Waals surface area contributed by atoms with E-state index in [0.29, 0.717) is 12.4 Å². The summed E-state index contributed by atoms with van der Waals surface area (Å²) in [6, 6.07) is 12.1. The molecule has 0 spiro atoms. The normalized spacial score (nSPS) is 10.9. The van der Waals surface area contributed by atoms with E-state index in [1.165, 1.54) is 16.0 Å². The second-order valence-corrected chi connectivity index (χ2v) is 7.21. The van der Waals surface area contributed by atoms with Gasteiger partial charge in [-0.3, -0.25) is 9.69 Å². The molecule has 0 saturated heterocycles. The number of anilines is 1. The van der Waals surface area contributed by atoms with Crippen molar-refractivity contribution in [3.05, 3.63) is 53.2 Å². The molecule has 1 aromatic heterocycles. The molecule has 0 bridgehead atoms. The maximum atomic E-state index is 12.0. The minimum absolute atomic E-state index is 0.0354. The molecule has 0 atom stereocenters. The van der Waals surface area contributed by atoms with Crippen molar-refractivity contribution in [3.63, 3.8) is 0 Å². The molecule has 0 aliphatic rings. The van der Waals surface area contributed by atoms with Gasteiger partial charge in [0.1, 0.15) is 5.82 Å². The summed E-state index contributed by atoms with van der Waals surface area (Å²) in [5, 5.41) is 2.84. The number of carbonyl (C=O) groups excluding carboxylic acids is 1. The number of aromatic nitrogens is 1. The van der Waals surface area contributed by atoms with Crippen molar-refractivity contribution >= 4 is 23.5 Å². The van der Waals surface area contributed by atoms with Crippen molar-refractivity contribution in [1.29, 1.82) is 0 Å². The average Bonchev–Trinajstić information content (AvgIpc) is 2.50. The highest BCUT2D eigenvalue weighted by atomic mass is 32.2. The summed E-state index contributed by atoms with van der Waals surface area (Å²) in [7, 11) is 1.96. The number of pyridine rings is 1. The number of benzene rings is 1. The van der Waals surface area contributed by atoms with Crippen LogP contribution in [0.3, 0.4) is 0 Å². The first-order valence-electron chi connectivity index (χ1n) is 8.06. The molecule has 2 aromatic rings. The largest absolute Gasteiger partial charge is 0.310 e. The second kappa shape index (κ2) is 8.85. The summed E-state index contributed by atoms with van der Waals surface area (Å²) >= 11 is 1.82. The van der Waals surface area contributed by atoms with Gasteiger partial charge in [-0.25, -0.2) is 4.98 Å². The molecule has 0 unspecified atom stereocenters. The maximum absolute atomic E-state index is 12.0. The average molecular weight is 343 g/mol. The number of nitrogens with zero attached hydrogens (tertiary/aromatic N) is 2. The van der Waals surface area contributed by atoms with Crippen LogP contribution < -0.4 is 5.32 Å². The number of likely N-dealkylation sites (N-methyl/N-ethyl adjacent to an activating group) is 1. The van der Waals surface area contributed by atoms with Gasteiger partial charge in [-0.15, -0.1) is 11.8 Å². The van der Waals surface area contributed by atoms with Crippen molar-refractivity contribution in [2.75, 3.05) is 31.2 Å². The lowest BCUT2D eigenvalue weighted by Gasteiger charge is -2.16. The van der Waals surface area contributed by atoms with Crippen LogP contribution in [-0.2, 0) is 4.79 Å². The molecule has 0 fully saturated rings. The lowest BCUT2D eigenvalue weighted by molar-refractivity contribution is -0.117. The van der Waals surface area contributed by atoms with Crippen LogP contribution in [0, 0.1) is 20.8 Å². The van der Waals surface area contributed by atoms with Crippen LogP contribution >= 0.6 is 11.8 Å². The van der Waals surface area contributed by atoms with Gasteiger partial charge in [-0.05, 0) is 63.2 Å². The Bertz CT molecular complexity index is 703. The van der Waals surface area contributed by atoms with Gasteiger partial charge in [0.05, 0.1) is 6.54 Å². The van der Waals surface area contributed by atoms with E-state index in [-0.39, 0.29) is 5.91 Å². The summed E-state index contributed by atoms with van der Waals surface area (Å²) in [5.74, 6) is 1.53. The summed E-state index contributed by atoms with van der Waals surface area (Å²) in [5.41, 5.74) is 3.53. The van der Waals surface area contributed by atoms with Gasteiger partial charge < -0.3 is 5.32 Å². The van der Waals surface area contributed by atoms with E-state index in [1.54, 1.807) is 6.07 Å². The molecular formula is C19H25N3OS. The fraction of sp³-hybridized carbons (Fsp3) is 0.368. The first-order valence-corrected chi connectivity index (χ1v) is 9.05. The van der Waals surface area contributed by atoms with Gasteiger partial charge in [-0.1, -0.05) is 12.1 Å². The summed E-state index contributed by atoms with van der Waals surface area (Å²) in [6.45, 7) is 7.38. The third-order valence-corrected chi connectivity index (χ3v) is 4.76. The Morgan fingerprint density at radius 2 is 1.96 bits per heavy atom. The van der Waals surface area contributed by atoms with Crippen LogP contribution in [0.2, 0.25) is 0 Å². The first-order chi connectivity index (χ1) is 11.4. The lowest BCUT2D eigenvalue weighted by Crippen LogP contribution is -2.31. The molecule has 1 heterocycles. The van der Waals surface area contributed by atoms with E-state index >= 15 is 0 Å². The molecule has 5 heteroatoms. The summed E-state index contributed by atoms with van der Waals surface area (Å²) in [6.07, 6.45) is 0. The van der Waals surface area contributed by atoms with Gasteiger partial charge in [0.25, 0.3) is 0 Å². The number of aryl methyl sites for hydroxylation is 3. The van der Waals surface area contributed by atoms with E-state index in [4.69, 9.17) is 0 Å². The molecule has 0 radical (unpaired) electrons. The van der Waals surface area contributed by atoms with Crippen LogP contribution in [0.1, 0.15) is 16.8 Å². The molecule has 4 nitrogen and oxygen atoms in total.